The third-order valence-electron chi connectivity index (χ3n) is 4.33. The van der Waals surface area contributed by atoms with Crippen LogP contribution in [0.5, 0.6) is 11.5 Å². The Bertz CT molecular complexity index is 843. The summed E-state index contributed by atoms with van der Waals surface area (Å²) in [7, 11) is 3.22. The van der Waals surface area contributed by atoms with E-state index in [-0.39, 0.29) is 11.4 Å². The highest BCUT2D eigenvalue weighted by atomic mass is 16.5. The summed E-state index contributed by atoms with van der Waals surface area (Å²) in [5.41, 5.74) is 2.44. The quantitative estimate of drug-likeness (QED) is 0.847. The molecule has 26 heavy (non-hydrogen) atoms. The first-order valence-corrected chi connectivity index (χ1v) is 8.52. The molecule has 2 aromatic carbocycles. The number of anilines is 2. The molecular formula is C21H24N2O3. The topological polar surface area (TPSA) is 50.8 Å². The van der Waals surface area contributed by atoms with E-state index < -0.39 is 0 Å². The van der Waals surface area contributed by atoms with Gasteiger partial charge in [0.15, 0.2) is 0 Å². The fourth-order valence-electron chi connectivity index (χ4n) is 3.12. The monoisotopic (exact) mass is 352 g/mol. The minimum absolute atomic E-state index is 0.0723. The molecule has 0 spiro atoms. The van der Waals surface area contributed by atoms with E-state index in [0.29, 0.717) is 18.0 Å². The number of hydrogen-bond acceptors (Lipinski definition) is 4. The summed E-state index contributed by atoms with van der Waals surface area (Å²) in [5, 5.41) is 3.47. The third kappa shape index (κ3) is 3.67. The van der Waals surface area contributed by atoms with Crippen molar-refractivity contribution in [1.29, 1.82) is 0 Å². The zero-order valence-electron chi connectivity index (χ0n) is 15.6. The Hall–Kier alpha value is -2.95. The lowest BCUT2D eigenvalue weighted by atomic mass is 9.99. The van der Waals surface area contributed by atoms with Crippen molar-refractivity contribution >= 4 is 23.4 Å². The van der Waals surface area contributed by atoms with Crippen LogP contribution in [-0.2, 0) is 4.79 Å². The van der Waals surface area contributed by atoms with Crippen molar-refractivity contribution < 1.29 is 14.3 Å². The number of nitrogens with one attached hydrogen (secondary N) is 1. The summed E-state index contributed by atoms with van der Waals surface area (Å²) in [5.74, 6) is 1.33. The molecule has 1 aliphatic rings. The molecule has 1 heterocycles. The number of hydrogen-bond donors (Lipinski definition) is 1. The average Bonchev–Trinajstić information content (AvgIpc) is 2.64. The lowest BCUT2D eigenvalue weighted by Crippen LogP contribution is -2.50. The molecule has 0 saturated carbocycles. The number of benzene rings is 2. The van der Waals surface area contributed by atoms with Crippen LogP contribution in [0.3, 0.4) is 0 Å². The van der Waals surface area contributed by atoms with E-state index in [4.69, 9.17) is 9.47 Å². The first kappa shape index (κ1) is 17.9. The van der Waals surface area contributed by atoms with Crippen molar-refractivity contribution in [3.05, 3.63) is 54.1 Å². The number of carbonyl (C=O) groups is 1. The molecule has 0 fully saturated rings. The Morgan fingerprint density at radius 2 is 1.92 bits per heavy atom. The van der Waals surface area contributed by atoms with E-state index in [1.54, 1.807) is 31.3 Å². The highest BCUT2D eigenvalue weighted by Gasteiger charge is 2.31. The second-order valence-corrected chi connectivity index (χ2v) is 6.89. The number of carbonyl (C=O) groups excluding carboxylic acids is 1. The fraction of sp³-hybridized carbons (Fsp3) is 0.286. The summed E-state index contributed by atoms with van der Waals surface area (Å²) in [6, 6.07) is 13.3. The van der Waals surface area contributed by atoms with Crippen LogP contribution in [0.25, 0.3) is 6.08 Å². The van der Waals surface area contributed by atoms with E-state index in [1.165, 1.54) is 0 Å². The van der Waals surface area contributed by atoms with E-state index in [9.17, 15) is 4.79 Å². The van der Waals surface area contributed by atoms with Gasteiger partial charge in [0, 0.05) is 23.7 Å². The van der Waals surface area contributed by atoms with Crippen LogP contribution >= 0.6 is 0 Å². The van der Waals surface area contributed by atoms with E-state index in [1.807, 2.05) is 42.5 Å². The Balaban J connectivity index is 1.90. The van der Waals surface area contributed by atoms with Crippen LogP contribution in [0.4, 0.5) is 11.4 Å². The highest BCUT2D eigenvalue weighted by Crippen LogP contribution is 2.34. The molecule has 136 valence electrons. The summed E-state index contributed by atoms with van der Waals surface area (Å²) in [6.07, 6.45) is 3.34. The standard InChI is InChI=1S/C21H24N2O3/c1-21(2)14-23(18-8-6-5-7-17(18)22-21)20(24)12-9-15-13-16(25-3)10-11-19(15)26-4/h5-13,22H,14H2,1-4H3/b12-9+. The van der Waals surface area contributed by atoms with E-state index in [0.717, 1.165) is 16.9 Å². The van der Waals surface area contributed by atoms with Gasteiger partial charge in [0.25, 0.3) is 5.91 Å². The predicted octanol–water partition coefficient (Wildman–Crippen LogP) is 3.95. The van der Waals surface area contributed by atoms with Crippen LogP contribution in [0.15, 0.2) is 48.5 Å². The first-order chi connectivity index (χ1) is 12.4. The highest BCUT2D eigenvalue weighted by molar-refractivity contribution is 6.06. The van der Waals surface area contributed by atoms with Gasteiger partial charge in [0.1, 0.15) is 11.5 Å². The van der Waals surface area contributed by atoms with Gasteiger partial charge >= 0.3 is 0 Å². The smallest absolute Gasteiger partial charge is 0.251 e. The molecule has 3 rings (SSSR count). The molecule has 2 aromatic rings. The van der Waals surface area contributed by atoms with Gasteiger partial charge in [-0.2, -0.15) is 0 Å². The fourth-order valence-corrected chi connectivity index (χ4v) is 3.12. The number of methoxy groups -OCH3 is 2. The molecule has 0 unspecified atom stereocenters. The number of para-hydroxylation sites is 2. The first-order valence-electron chi connectivity index (χ1n) is 8.52. The van der Waals surface area contributed by atoms with Gasteiger partial charge in [-0.3, -0.25) is 4.79 Å². The lowest BCUT2D eigenvalue weighted by Gasteiger charge is -2.40. The summed E-state index contributed by atoms with van der Waals surface area (Å²) < 4.78 is 10.6. The van der Waals surface area contributed by atoms with Crippen LogP contribution < -0.4 is 19.7 Å². The van der Waals surface area contributed by atoms with Crippen molar-refractivity contribution in [2.24, 2.45) is 0 Å². The van der Waals surface area contributed by atoms with Gasteiger partial charge < -0.3 is 19.7 Å². The molecule has 5 nitrogen and oxygen atoms in total. The maximum atomic E-state index is 12.9. The maximum absolute atomic E-state index is 12.9. The summed E-state index contributed by atoms with van der Waals surface area (Å²) >= 11 is 0. The van der Waals surface area contributed by atoms with Crippen molar-refractivity contribution in [2.45, 2.75) is 19.4 Å². The maximum Gasteiger partial charge on any atom is 0.251 e. The zero-order valence-corrected chi connectivity index (χ0v) is 15.6. The second kappa shape index (κ2) is 7.12. The molecule has 0 atom stereocenters. The van der Waals surface area contributed by atoms with E-state index in [2.05, 4.69) is 19.2 Å². The summed E-state index contributed by atoms with van der Waals surface area (Å²) in [4.78, 5) is 14.7. The third-order valence-corrected chi connectivity index (χ3v) is 4.33. The largest absolute Gasteiger partial charge is 0.497 e. The van der Waals surface area contributed by atoms with Crippen LogP contribution in [0.2, 0.25) is 0 Å². The molecule has 1 amide bonds. The minimum atomic E-state index is -0.203. The van der Waals surface area contributed by atoms with Crippen LogP contribution in [-0.4, -0.2) is 32.2 Å². The number of ether oxygens (including phenoxy) is 2. The number of nitrogens with zero attached hydrogens (tertiary/aromatic N) is 1. The molecule has 0 bridgehead atoms. The number of fused-ring (bicyclic) bond motifs is 1. The summed E-state index contributed by atoms with van der Waals surface area (Å²) in [6.45, 7) is 4.75. The van der Waals surface area contributed by atoms with Crippen molar-refractivity contribution in [1.82, 2.24) is 0 Å². The van der Waals surface area contributed by atoms with Crippen molar-refractivity contribution in [3.63, 3.8) is 0 Å². The normalized spacial score (nSPS) is 15.3. The second-order valence-electron chi connectivity index (χ2n) is 6.89. The van der Waals surface area contributed by atoms with Crippen LogP contribution in [0.1, 0.15) is 19.4 Å². The molecule has 0 aromatic heterocycles. The molecule has 0 saturated heterocycles. The van der Waals surface area contributed by atoms with Crippen molar-refractivity contribution in [2.75, 3.05) is 31.0 Å². The van der Waals surface area contributed by atoms with Crippen LogP contribution in [0, 0.1) is 0 Å². The Morgan fingerprint density at radius 3 is 2.65 bits per heavy atom. The molecule has 5 heteroatoms. The molecule has 1 aliphatic heterocycles. The SMILES string of the molecule is COc1ccc(OC)c(/C=C/C(=O)N2CC(C)(C)Nc3ccccc32)c1. The molecule has 0 radical (unpaired) electrons. The van der Waals surface area contributed by atoms with Gasteiger partial charge in [0.05, 0.1) is 25.6 Å². The number of amides is 1. The zero-order chi connectivity index (χ0) is 18.7. The van der Waals surface area contributed by atoms with Gasteiger partial charge in [-0.1, -0.05) is 12.1 Å². The van der Waals surface area contributed by atoms with Gasteiger partial charge in [-0.05, 0) is 50.3 Å². The minimum Gasteiger partial charge on any atom is -0.497 e. The Kier molecular flexibility index (Phi) is 4.89. The molecule has 1 N–H and O–H groups in total. The Morgan fingerprint density at radius 1 is 1.15 bits per heavy atom. The van der Waals surface area contributed by atoms with Gasteiger partial charge in [-0.15, -0.1) is 0 Å². The number of rotatable bonds is 4. The molecular weight excluding hydrogens is 328 g/mol. The Labute approximate surface area is 154 Å². The van der Waals surface area contributed by atoms with Crippen molar-refractivity contribution in [3.8, 4) is 11.5 Å². The predicted molar refractivity (Wildman–Crippen MR) is 105 cm³/mol. The van der Waals surface area contributed by atoms with E-state index >= 15 is 0 Å². The lowest BCUT2D eigenvalue weighted by molar-refractivity contribution is -0.114. The average molecular weight is 352 g/mol. The van der Waals surface area contributed by atoms with Gasteiger partial charge in [0.2, 0.25) is 0 Å². The molecule has 0 aliphatic carbocycles. The van der Waals surface area contributed by atoms with Gasteiger partial charge in [-0.25, -0.2) is 0 Å².